The molecule has 4 heteroatoms. The number of rotatable bonds is 3. The van der Waals surface area contributed by atoms with E-state index in [0.717, 1.165) is 19.5 Å². The number of nitrogens with one attached hydrogen (secondary N) is 1. The number of nitriles is 1. The molecule has 2 aliphatic rings. The fourth-order valence-electron chi connectivity index (χ4n) is 2.03. The topological polar surface area (TPSA) is 54.3 Å². The predicted molar refractivity (Wildman–Crippen MR) is 50.4 cm³/mol. The van der Waals surface area contributed by atoms with Gasteiger partial charge in [0.1, 0.15) is 0 Å². The first-order chi connectivity index (χ1) is 6.88. The average Bonchev–Trinajstić information content (AvgIpc) is 2.79. The molecule has 14 heavy (non-hydrogen) atoms. The largest absolute Gasteiger partial charge is 0.350 e. The van der Waals surface area contributed by atoms with Gasteiger partial charge in [-0.2, -0.15) is 5.26 Å². The number of nitrogens with zero attached hydrogens (tertiary/aromatic N) is 1. The van der Waals surface area contributed by atoms with Crippen LogP contribution in [-0.4, -0.2) is 32.1 Å². The summed E-state index contributed by atoms with van der Waals surface area (Å²) in [5.74, 6) is 0.681. The van der Waals surface area contributed by atoms with Crippen LogP contribution >= 0.6 is 0 Å². The minimum Gasteiger partial charge on any atom is -0.350 e. The van der Waals surface area contributed by atoms with Crippen LogP contribution in [0.5, 0.6) is 0 Å². The van der Waals surface area contributed by atoms with E-state index in [-0.39, 0.29) is 12.4 Å². The van der Waals surface area contributed by atoms with E-state index < -0.39 is 0 Å². The second-order valence-corrected chi connectivity index (χ2v) is 3.98. The van der Waals surface area contributed by atoms with Gasteiger partial charge >= 0.3 is 0 Å². The van der Waals surface area contributed by atoms with Crippen LogP contribution in [0.1, 0.15) is 19.3 Å². The monoisotopic (exact) mass is 196 g/mol. The molecule has 0 aromatic carbocycles. The molecule has 0 spiro atoms. The highest BCUT2D eigenvalue weighted by Gasteiger charge is 2.29. The van der Waals surface area contributed by atoms with Gasteiger partial charge in [-0.1, -0.05) is 0 Å². The van der Waals surface area contributed by atoms with Crippen LogP contribution in [0.2, 0.25) is 0 Å². The minimum absolute atomic E-state index is 0.000591. The number of hydrogen-bond donors (Lipinski definition) is 1. The summed E-state index contributed by atoms with van der Waals surface area (Å²) in [7, 11) is 0. The Kier molecular flexibility index (Phi) is 3.35. The summed E-state index contributed by atoms with van der Waals surface area (Å²) in [5.41, 5.74) is 0. The first kappa shape index (κ1) is 9.91. The smallest absolute Gasteiger partial charge is 0.158 e. The molecule has 0 aromatic heterocycles. The van der Waals surface area contributed by atoms with Gasteiger partial charge in [0.05, 0.1) is 25.2 Å². The Hall–Kier alpha value is -0.630. The van der Waals surface area contributed by atoms with E-state index in [0.29, 0.717) is 18.9 Å². The van der Waals surface area contributed by atoms with Gasteiger partial charge in [0, 0.05) is 6.42 Å². The lowest BCUT2D eigenvalue weighted by Gasteiger charge is -2.14. The summed E-state index contributed by atoms with van der Waals surface area (Å²) < 4.78 is 11.1. The van der Waals surface area contributed by atoms with Crippen molar-refractivity contribution in [2.24, 2.45) is 5.92 Å². The molecule has 0 saturated carbocycles. The molecule has 3 atom stereocenters. The molecule has 78 valence electrons. The Bertz CT molecular complexity index is 221. The standard InChI is InChI=1S/C10H16N2O2/c11-3-1-9-7-13-10(14-9)5-8-2-4-12-6-8/h8-10,12H,1-2,4-7H2. The Morgan fingerprint density at radius 2 is 2.43 bits per heavy atom. The second kappa shape index (κ2) is 4.74. The molecule has 0 bridgehead atoms. The van der Waals surface area contributed by atoms with Crippen LogP contribution in [0.25, 0.3) is 0 Å². The van der Waals surface area contributed by atoms with Gasteiger partial charge in [0.25, 0.3) is 0 Å². The van der Waals surface area contributed by atoms with Crippen LogP contribution in [0.4, 0.5) is 0 Å². The summed E-state index contributed by atoms with van der Waals surface area (Å²) in [6.07, 6.45) is 2.55. The second-order valence-electron chi connectivity index (χ2n) is 3.98. The fraction of sp³-hybridized carbons (Fsp3) is 0.900. The van der Waals surface area contributed by atoms with Crippen LogP contribution < -0.4 is 5.32 Å². The Balaban J connectivity index is 1.70. The summed E-state index contributed by atoms with van der Waals surface area (Å²) in [5, 5.41) is 11.8. The first-order valence-electron chi connectivity index (χ1n) is 5.23. The fourth-order valence-corrected chi connectivity index (χ4v) is 2.03. The highest BCUT2D eigenvalue weighted by molar-refractivity contribution is 4.80. The van der Waals surface area contributed by atoms with Crippen molar-refractivity contribution >= 4 is 0 Å². The van der Waals surface area contributed by atoms with E-state index in [9.17, 15) is 0 Å². The molecule has 3 unspecified atom stereocenters. The summed E-state index contributed by atoms with van der Waals surface area (Å²) in [4.78, 5) is 0. The number of ether oxygens (including phenoxy) is 2. The lowest BCUT2D eigenvalue weighted by Crippen LogP contribution is -2.18. The third-order valence-corrected chi connectivity index (χ3v) is 2.82. The third-order valence-electron chi connectivity index (χ3n) is 2.82. The van der Waals surface area contributed by atoms with Crippen molar-refractivity contribution in [3.05, 3.63) is 0 Å². The van der Waals surface area contributed by atoms with Gasteiger partial charge in [-0.25, -0.2) is 0 Å². The maximum atomic E-state index is 8.50. The molecular formula is C10H16N2O2. The van der Waals surface area contributed by atoms with Crippen molar-refractivity contribution in [1.82, 2.24) is 5.32 Å². The quantitative estimate of drug-likeness (QED) is 0.719. The zero-order valence-corrected chi connectivity index (χ0v) is 8.24. The molecule has 2 saturated heterocycles. The van der Waals surface area contributed by atoms with Crippen molar-refractivity contribution in [2.75, 3.05) is 19.7 Å². The summed E-state index contributed by atoms with van der Waals surface area (Å²) in [6.45, 7) is 2.77. The molecule has 1 N–H and O–H groups in total. The molecule has 0 aliphatic carbocycles. The van der Waals surface area contributed by atoms with Gasteiger partial charge in [0.2, 0.25) is 0 Å². The maximum Gasteiger partial charge on any atom is 0.158 e. The van der Waals surface area contributed by atoms with E-state index in [1.807, 2.05) is 0 Å². The zero-order valence-electron chi connectivity index (χ0n) is 8.24. The van der Waals surface area contributed by atoms with E-state index >= 15 is 0 Å². The highest BCUT2D eigenvalue weighted by Crippen LogP contribution is 2.23. The van der Waals surface area contributed by atoms with Crippen molar-refractivity contribution in [1.29, 1.82) is 5.26 Å². The molecule has 0 radical (unpaired) electrons. The lowest BCUT2D eigenvalue weighted by atomic mass is 10.1. The van der Waals surface area contributed by atoms with Crippen molar-refractivity contribution < 1.29 is 9.47 Å². The summed E-state index contributed by atoms with van der Waals surface area (Å²) in [6, 6.07) is 2.11. The zero-order chi connectivity index (χ0) is 9.80. The Labute approximate surface area is 84.2 Å². The normalized spacial score (nSPS) is 37.2. The predicted octanol–water partition coefficient (Wildman–Crippen LogP) is 0.641. The number of hydrogen-bond acceptors (Lipinski definition) is 4. The van der Waals surface area contributed by atoms with Gasteiger partial charge in [-0.3, -0.25) is 0 Å². The molecule has 0 aromatic rings. The van der Waals surface area contributed by atoms with E-state index in [4.69, 9.17) is 14.7 Å². The maximum absolute atomic E-state index is 8.50. The Morgan fingerprint density at radius 3 is 3.14 bits per heavy atom. The molecule has 2 fully saturated rings. The first-order valence-corrected chi connectivity index (χ1v) is 5.23. The summed E-state index contributed by atoms with van der Waals surface area (Å²) >= 11 is 0. The minimum atomic E-state index is -0.0711. The van der Waals surface area contributed by atoms with Crippen molar-refractivity contribution in [3.63, 3.8) is 0 Å². The molecule has 2 heterocycles. The van der Waals surface area contributed by atoms with Crippen LogP contribution in [0.3, 0.4) is 0 Å². The molecule has 2 rings (SSSR count). The third kappa shape index (κ3) is 2.44. The molecular weight excluding hydrogens is 180 g/mol. The van der Waals surface area contributed by atoms with Crippen molar-refractivity contribution in [2.45, 2.75) is 31.7 Å². The van der Waals surface area contributed by atoms with Crippen molar-refractivity contribution in [3.8, 4) is 6.07 Å². The van der Waals surface area contributed by atoms with Gasteiger partial charge in [-0.05, 0) is 25.4 Å². The molecule has 2 aliphatic heterocycles. The average molecular weight is 196 g/mol. The molecule has 0 amide bonds. The van der Waals surface area contributed by atoms with E-state index in [1.54, 1.807) is 0 Å². The van der Waals surface area contributed by atoms with Crippen LogP contribution in [0.15, 0.2) is 0 Å². The van der Waals surface area contributed by atoms with Gasteiger partial charge in [0.15, 0.2) is 6.29 Å². The SMILES string of the molecule is N#CCC1COC(CC2CCNC2)O1. The van der Waals surface area contributed by atoms with E-state index in [1.165, 1.54) is 6.42 Å². The highest BCUT2D eigenvalue weighted by atomic mass is 16.7. The van der Waals surface area contributed by atoms with Crippen LogP contribution in [-0.2, 0) is 9.47 Å². The van der Waals surface area contributed by atoms with Gasteiger partial charge in [-0.15, -0.1) is 0 Å². The Morgan fingerprint density at radius 1 is 1.50 bits per heavy atom. The van der Waals surface area contributed by atoms with E-state index in [2.05, 4.69) is 11.4 Å². The van der Waals surface area contributed by atoms with Crippen LogP contribution in [0, 0.1) is 17.2 Å². The van der Waals surface area contributed by atoms with Gasteiger partial charge < -0.3 is 14.8 Å². The molecule has 4 nitrogen and oxygen atoms in total. The lowest BCUT2D eigenvalue weighted by molar-refractivity contribution is -0.0691.